The van der Waals surface area contributed by atoms with Gasteiger partial charge in [-0.15, -0.1) is 0 Å². The van der Waals surface area contributed by atoms with Crippen LogP contribution >= 0.6 is 0 Å². The summed E-state index contributed by atoms with van der Waals surface area (Å²) in [7, 11) is -4.55. The molecule has 3 aliphatic rings. The lowest BCUT2D eigenvalue weighted by atomic mass is 9.79. The molecule has 5 aromatic rings. The van der Waals surface area contributed by atoms with Crippen LogP contribution < -0.4 is 4.90 Å². The maximum atomic E-state index is 11.8. The molecule has 0 amide bonds. The maximum absolute atomic E-state index is 11.8. The van der Waals surface area contributed by atoms with E-state index < -0.39 is 10.1 Å². The zero-order chi connectivity index (χ0) is 38.2. The van der Waals surface area contributed by atoms with Crippen molar-refractivity contribution >= 4 is 54.3 Å². The molecular formula is C47H47N3O3S. The van der Waals surface area contributed by atoms with Crippen LogP contribution in [0.25, 0.3) is 27.1 Å². The zero-order valence-electron chi connectivity index (χ0n) is 32.2. The minimum atomic E-state index is -4.55. The second kappa shape index (κ2) is 13.0. The minimum Gasteiger partial charge on any atom is -0.744 e. The van der Waals surface area contributed by atoms with Gasteiger partial charge in [-0.25, -0.2) is 8.42 Å². The Balaban J connectivity index is 1.21. The molecule has 1 aliphatic carbocycles. The quantitative estimate of drug-likeness (QED) is 0.123. The molecule has 7 heteroatoms. The molecule has 6 nitrogen and oxygen atoms in total. The molecule has 3 heterocycles. The number of aryl methyl sites for hydroxylation is 1. The SMILES string of the molecule is CCN1/C(=C/C=C2\CCC(/C=C/C3=[N+](CC)c4ccc5cc(S(=O)(=O)[O-])ccc5c4C3(C)C)=C2c2ccncc2)C(C)(C)c2c1ccc1cc(C)ccc21. The number of nitrogens with zero attached hydrogens (tertiary/aromatic N) is 3. The van der Waals surface area contributed by atoms with Gasteiger partial charge in [0.1, 0.15) is 16.7 Å². The van der Waals surface area contributed by atoms with E-state index in [0.29, 0.717) is 0 Å². The Labute approximate surface area is 319 Å². The van der Waals surface area contributed by atoms with Crippen LogP contribution in [-0.4, -0.2) is 41.3 Å². The number of rotatable bonds is 7. The van der Waals surface area contributed by atoms with Crippen LogP contribution in [-0.2, 0) is 20.9 Å². The monoisotopic (exact) mass is 733 g/mol. The predicted molar refractivity (Wildman–Crippen MR) is 221 cm³/mol. The summed E-state index contributed by atoms with van der Waals surface area (Å²) in [5, 5.41) is 4.33. The lowest BCUT2D eigenvalue weighted by molar-refractivity contribution is -0.433. The largest absolute Gasteiger partial charge is 0.744 e. The van der Waals surface area contributed by atoms with Gasteiger partial charge in [-0.3, -0.25) is 4.98 Å². The van der Waals surface area contributed by atoms with E-state index in [1.54, 1.807) is 6.07 Å². The van der Waals surface area contributed by atoms with Crippen molar-refractivity contribution in [1.29, 1.82) is 0 Å². The fraction of sp³-hybridized carbons (Fsp3) is 0.277. The van der Waals surface area contributed by atoms with Crippen molar-refractivity contribution in [1.82, 2.24) is 4.98 Å². The Morgan fingerprint density at radius 3 is 2.24 bits per heavy atom. The molecule has 54 heavy (non-hydrogen) atoms. The van der Waals surface area contributed by atoms with Gasteiger partial charge in [-0.2, -0.15) is 4.58 Å². The molecule has 8 rings (SSSR count). The smallest absolute Gasteiger partial charge is 0.210 e. The summed E-state index contributed by atoms with van der Waals surface area (Å²) in [6.07, 6.45) is 14.9. The van der Waals surface area contributed by atoms with Crippen LogP contribution in [0.5, 0.6) is 0 Å². The van der Waals surface area contributed by atoms with Crippen LogP contribution in [0.15, 0.2) is 131 Å². The number of likely N-dealkylation sites (N-methyl/N-ethyl adjacent to an activating group) is 1. The highest BCUT2D eigenvalue weighted by molar-refractivity contribution is 7.85. The van der Waals surface area contributed by atoms with Crippen molar-refractivity contribution in [2.45, 2.75) is 77.0 Å². The molecule has 1 aromatic heterocycles. The average Bonchev–Trinajstić information content (AvgIpc) is 3.73. The zero-order valence-corrected chi connectivity index (χ0v) is 33.0. The average molecular weight is 734 g/mol. The fourth-order valence-electron chi connectivity index (χ4n) is 9.43. The van der Waals surface area contributed by atoms with Crippen molar-refractivity contribution in [2.24, 2.45) is 0 Å². The Morgan fingerprint density at radius 1 is 0.815 bits per heavy atom. The molecule has 0 radical (unpaired) electrons. The summed E-state index contributed by atoms with van der Waals surface area (Å²) in [5.74, 6) is 0. The Bertz CT molecular complexity index is 2660. The first-order valence-electron chi connectivity index (χ1n) is 19.0. The number of fused-ring (bicyclic) bond motifs is 6. The Kier molecular flexibility index (Phi) is 8.66. The first kappa shape index (κ1) is 35.9. The van der Waals surface area contributed by atoms with Crippen LogP contribution in [0.4, 0.5) is 11.4 Å². The van der Waals surface area contributed by atoms with Crippen LogP contribution in [0.1, 0.15) is 76.6 Å². The van der Waals surface area contributed by atoms with Gasteiger partial charge < -0.3 is 9.45 Å². The third-order valence-electron chi connectivity index (χ3n) is 11.9. The van der Waals surface area contributed by atoms with Crippen molar-refractivity contribution in [3.05, 3.63) is 149 Å². The lowest BCUT2D eigenvalue weighted by Crippen LogP contribution is -2.27. The highest BCUT2D eigenvalue weighted by atomic mass is 32.2. The van der Waals surface area contributed by atoms with Crippen molar-refractivity contribution in [3.63, 3.8) is 0 Å². The molecule has 4 aromatic carbocycles. The summed E-state index contributed by atoms with van der Waals surface area (Å²) < 4.78 is 37.8. The third kappa shape index (κ3) is 5.68. The number of aromatic nitrogens is 1. The number of benzene rings is 4. The fourth-order valence-corrected chi connectivity index (χ4v) is 9.93. The van der Waals surface area contributed by atoms with Gasteiger partial charge in [-0.1, -0.05) is 61.9 Å². The number of hydrogen-bond acceptors (Lipinski definition) is 5. The molecule has 2 aliphatic heterocycles. The van der Waals surface area contributed by atoms with E-state index in [0.717, 1.165) is 53.5 Å². The van der Waals surface area contributed by atoms with E-state index in [1.807, 2.05) is 18.5 Å². The van der Waals surface area contributed by atoms with Gasteiger partial charge in [0.15, 0.2) is 5.71 Å². The highest BCUT2D eigenvalue weighted by Crippen LogP contribution is 2.51. The van der Waals surface area contributed by atoms with E-state index in [4.69, 9.17) is 0 Å². The molecule has 0 atom stereocenters. The number of hydrogen-bond donors (Lipinski definition) is 0. The second-order valence-electron chi connectivity index (χ2n) is 15.8. The maximum Gasteiger partial charge on any atom is 0.210 e. The summed E-state index contributed by atoms with van der Waals surface area (Å²) in [5.41, 5.74) is 13.2. The van der Waals surface area contributed by atoms with Crippen LogP contribution in [0, 0.1) is 6.92 Å². The summed E-state index contributed by atoms with van der Waals surface area (Å²) >= 11 is 0. The number of pyridine rings is 1. The molecule has 0 saturated carbocycles. The molecule has 0 fully saturated rings. The topological polar surface area (TPSA) is 76.3 Å². The second-order valence-corrected chi connectivity index (χ2v) is 17.2. The van der Waals surface area contributed by atoms with Gasteiger partial charge in [0.2, 0.25) is 5.69 Å². The van der Waals surface area contributed by atoms with E-state index in [2.05, 4.69) is 136 Å². The van der Waals surface area contributed by atoms with Crippen molar-refractivity contribution in [2.75, 3.05) is 18.0 Å². The van der Waals surface area contributed by atoms with Gasteiger partial charge in [0.25, 0.3) is 0 Å². The van der Waals surface area contributed by atoms with E-state index >= 15 is 0 Å². The lowest BCUT2D eigenvalue weighted by Gasteiger charge is -2.26. The summed E-state index contributed by atoms with van der Waals surface area (Å²) in [4.78, 5) is 6.62. The Hall–Kier alpha value is -5.11. The summed E-state index contributed by atoms with van der Waals surface area (Å²) in [6, 6.07) is 24.3. The first-order chi connectivity index (χ1) is 25.7. The standard InChI is InChI=1S/C47H47N3O3S/c1-8-49-39-20-13-34-28-30(3)10-18-37(34)44(39)46(4,5)41(49)22-15-31-11-12-32(43(31)33-24-26-48-27-25-33)16-23-42-47(6,7)45-38-19-17-36(54(51,52)53)29-35(38)14-21-40(45)50(42)9-2/h10,13-29H,8-9,11-12H2,1-7H3. The van der Waals surface area contributed by atoms with E-state index in [9.17, 15) is 13.0 Å². The van der Waals surface area contributed by atoms with Gasteiger partial charge >= 0.3 is 0 Å². The summed E-state index contributed by atoms with van der Waals surface area (Å²) in [6.45, 7) is 17.4. The van der Waals surface area contributed by atoms with Crippen LogP contribution in [0.3, 0.4) is 0 Å². The molecular weight excluding hydrogens is 687 g/mol. The van der Waals surface area contributed by atoms with Gasteiger partial charge in [0.05, 0.1) is 10.3 Å². The van der Waals surface area contributed by atoms with Crippen molar-refractivity contribution < 1.29 is 17.5 Å². The molecule has 0 saturated heterocycles. The number of allylic oxidation sites excluding steroid dienone is 8. The van der Waals surface area contributed by atoms with E-state index in [-0.39, 0.29) is 15.7 Å². The molecule has 0 N–H and O–H groups in total. The van der Waals surface area contributed by atoms with Gasteiger partial charge in [-0.05, 0) is 139 Å². The molecule has 0 bridgehead atoms. The third-order valence-corrected chi connectivity index (χ3v) is 12.7. The highest BCUT2D eigenvalue weighted by Gasteiger charge is 2.45. The number of anilines is 1. The minimum absolute atomic E-state index is 0.169. The molecule has 0 spiro atoms. The predicted octanol–water partition coefficient (Wildman–Crippen LogP) is 10.4. The van der Waals surface area contributed by atoms with Crippen molar-refractivity contribution in [3.8, 4) is 0 Å². The normalized spacial score (nSPS) is 19.4. The van der Waals surface area contributed by atoms with Gasteiger partial charge in [0, 0.05) is 53.4 Å². The van der Waals surface area contributed by atoms with E-state index in [1.165, 1.54) is 67.8 Å². The Morgan fingerprint density at radius 2 is 1.52 bits per heavy atom. The molecule has 274 valence electrons. The first-order valence-corrected chi connectivity index (χ1v) is 20.4. The van der Waals surface area contributed by atoms with Crippen LogP contribution in [0.2, 0.25) is 0 Å². The molecule has 0 unspecified atom stereocenters.